The number of carbonyl (C=O) groups excluding carboxylic acids is 1. The van der Waals surface area contributed by atoms with Gasteiger partial charge in [-0.05, 0) is 41.5 Å². The van der Waals surface area contributed by atoms with Crippen LogP contribution in [0.2, 0.25) is 5.02 Å². The molecule has 4 rings (SSSR count). The largest absolute Gasteiger partial charge is 0.465 e. The zero-order valence-corrected chi connectivity index (χ0v) is 17.1. The van der Waals surface area contributed by atoms with Crippen LogP contribution in [0, 0.1) is 0 Å². The Bertz CT molecular complexity index is 1130. The van der Waals surface area contributed by atoms with Gasteiger partial charge in [-0.3, -0.25) is 4.79 Å². The Hall–Kier alpha value is -3.13. The number of halogens is 3. The molecule has 1 aromatic heterocycles. The van der Waals surface area contributed by atoms with E-state index in [4.69, 9.17) is 21.1 Å². The average molecular weight is 449 g/mol. The van der Waals surface area contributed by atoms with Crippen molar-refractivity contribution in [2.24, 2.45) is 0 Å². The van der Waals surface area contributed by atoms with E-state index in [2.05, 4.69) is 5.32 Å². The molecule has 2 aromatic carbocycles. The number of nitrogens with one attached hydrogen (secondary N) is 1. The minimum absolute atomic E-state index is 0.0227. The third kappa shape index (κ3) is 4.64. The summed E-state index contributed by atoms with van der Waals surface area (Å²) < 4.78 is 32.3. The summed E-state index contributed by atoms with van der Waals surface area (Å²) in [7, 11) is 0. The number of likely N-dealkylation sites (tertiary alicyclic amines) is 1. The molecule has 6 nitrogen and oxygen atoms in total. The summed E-state index contributed by atoms with van der Waals surface area (Å²) >= 11 is 6.34. The Morgan fingerprint density at radius 3 is 2.42 bits per heavy atom. The average Bonchev–Trinajstić information content (AvgIpc) is 3.16. The molecule has 0 radical (unpaired) electrons. The number of amides is 2. The van der Waals surface area contributed by atoms with Gasteiger partial charge in [-0.1, -0.05) is 23.7 Å². The number of benzene rings is 2. The number of rotatable bonds is 4. The maximum atomic E-state index is 13.3. The summed E-state index contributed by atoms with van der Waals surface area (Å²) in [5.74, 6) is -2.53. The Balaban J connectivity index is 1.53. The molecular weight excluding hydrogens is 430 g/mol. The number of carboxylic acid groups (broad SMARTS) is 1. The molecule has 1 saturated heterocycles. The van der Waals surface area contributed by atoms with Gasteiger partial charge in [-0.2, -0.15) is 0 Å². The predicted octanol–water partition coefficient (Wildman–Crippen LogP) is 5.39. The van der Waals surface area contributed by atoms with Gasteiger partial charge in [-0.15, -0.1) is 0 Å². The number of furan rings is 1. The van der Waals surface area contributed by atoms with Crippen molar-refractivity contribution in [2.75, 3.05) is 13.1 Å². The molecule has 0 aliphatic carbocycles. The normalized spacial score (nSPS) is 15.8. The zero-order valence-electron chi connectivity index (χ0n) is 16.3. The van der Waals surface area contributed by atoms with E-state index in [-0.39, 0.29) is 38.4 Å². The van der Waals surface area contributed by atoms with E-state index in [0.717, 1.165) is 16.5 Å². The van der Waals surface area contributed by atoms with Crippen molar-refractivity contribution >= 4 is 34.6 Å². The molecule has 0 spiro atoms. The van der Waals surface area contributed by atoms with Crippen LogP contribution in [0.1, 0.15) is 29.0 Å². The first-order chi connectivity index (χ1) is 14.7. The van der Waals surface area contributed by atoms with Crippen LogP contribution in [0.15, 0.2) is 46.9 Å². The van der Waals surface area contributed by atoms with Gasteiger partial charge in [0.2, 0.25) is 0 Å². The van der Waals surface area contributed by atoms with Gasteiger partial charge in [0.25, 0.3) is 11.8 Å². The van der Waals surface area contributed by atoms with Gasteiger partial charge in [-0.25, -0.2) is 13.6 Å². The molecule has 9 heteroatoms. The molecule has 162 valence electrons. The highest BCUT2D eigenvalue weighted by molar-refractivity contribution is 6.35. The fourth-order valence-corrected chi connectivity index (χ4v) is 3.87. The molecule has 0 saturated carbocycles. The Kier molecular flexibility index (Phi) is 5.58. The first-order valence-corrected chi connectivity index (χ1v) is 10.1. The van der Waals surface area contributed by atoms with Crippen LogP contribution in [0.4, 0.5) is 13.6 Å². The maximum absolute atomic E-state index is 13.3. The zero-order chi connectivity index (χ0) is 22.2. The van der Waals surface area contributed by atoms with E-state index in [1.54, 1.807) is 36.4 Å². The molecule has 1 aliphatic heterocycles. The SMILES string of the molecule is O=C(O)NCc1cc2cc(-c3ccc(C(=O)N4CCC(F)(F)CC4)cc3)cc(Cl)c2o1. The van der Waals surface area contributed by atoms with Crippen LogP contribution >= 0.6 is 11.6 Å². The lowest BCUT2D eigenvalue weighted by atomic mass is 10.0. The number of hydrogen-bond donors (Lipinski definition) is 2. The summed E-state index contributed by atoms with van der Waals surface area (Å²) in [6.45, 7) is 0.105. The van der Waals surface area contributed by atoms with E-state index in [1.807, 2.05) is 6.07 Å². The Labute approximate surface area is 181 Å². The molecule has 3 aromatic rings. The van der Waals surface area contributed by atoms with Gasteiger partial charge in [0, 0.05) is 36.9 Å². The van der Waals surface area contributed by atoms with Crippen molar-refractivity contribution in [1.29, 1.82) is 0 Å². The van der Waals surface area contributed by atoms with Gasteiger partial charge >= 0.3 is 6.09 Å². The molecule has 2 amide bonds. The predicted molar refractivity (Wildman–Crippen MR) is 112 cm³/mol. The molecule has 0 unspecified atom stereocenters. The standard InChI is InChI=1S/C22H19ClF2N2O4/c23-18-11-15(9-16-10-17(31-19(16)18)12-26-21(29)30)13-1-3-14(4-2-13)20(28)27-7-5-22(24,25)6-8-27/h1-4,9-11,26H,5-8,12H2,(H,29,30). The molecule has 1 fully saturated rings. The molecule has 2 N–H and O–H groups in total. The molecule has 1 aliphatic rings. The second-order valence-electron chi connectivity index (χ2n) is 7.47. The van der Waals surface area contributed by atoms with E-state index in [1.165, 1.54) is 4.90 Å². The third-order valence-corrected chi connectivity index (χ3v) is 5.56. The highest BCUT2D eigenvalue weighted by Gasteiger charge is 2.35. The lowest BCUT2D eigenvalue weighted by Crippen LogP contribution is -2.42. The van der Waals surface area contributed by atoms with Crippen molar-refractivity contribution < 1.29 is 27.9 Å². The summed E-state index contributed by atoms with van der Waals surface area (Å²) in [4.78, 5) is 24.7. The fraction of sp³-hybridized carbons (Fsp3) is 0.273. The van der Waals surface area contributed by atoms with E-state index >= 15 is 0 Å². The molecule has 2 heterocycles. The minimum atomic E-state index is -2.70. The maximum Gasteiger partial charge on any atom is 0.405 e. The first kappa shape index (κ1) is 21.1. The smallest absolute Gasteiger partial charge is 0.405 e. The van der Waals surface area contributed by atoms with Crippen LogP contribution < -0.4 is 5.32 Å². The fourth-order valence-electron chi connectivity index (χ4n) is 3.60. The molecule has 31 heavy (non-hydrogen) atoms. The van der Waals surface area contributed by atoms with E-state index in [9.17, 15) is 18.4 Å². The van der Waals surface area contributed by atoms with E-state index in [0.29, 0.717) is 21.9 Å². The summed E-state index contributed by atoms with van der Waals surface area (Å²) in [6.07, 6.45) is -1.78. The number of hydrogen-bond acceptors (Lipinski definition) is 3. The highest BCUT2D eigenvalue weighted by atomic mass is 35.5. The first-order valence-electron chi connectivity index (χ1n) is 9.68. The second kappa shape index (κ2) is 8.19. The number of nitrogens with zero attached hydrogens (tertiary/aromatic N) is 1. The van der Waals surface area contributed by atoms with E-state index < -0.39 is 12.0 Å². The molecule has 0 bridgehead atoms. The van der Waals surface area contributed by atoms with Crippen LogP contribution in [0.25, 0.3) is 22.1 Å². The third-order valence-electron chi connectivity index (χ3n) is 5.28. The van der Waals surface area contributed by atoms with Gasteiger partial charge in [0.05, 0.1) is 11.6 Å². The Morgan fingerprint density at radius 2 is 1.77 bits per heavy atom. The van der Waals surface area contributed by atoms with Crippen LogP contribution in [-0.4, -0.2) is 41.0 Å². The quantitative estimate of drug-likeness (QED) is 0.560. The van der Waals surface area contributed by atoms with Crippen LogP contribution in [0.3, 0.4) is 0 Å². The lowest BCUT2D eigenvalue weighted by Gasteiger charge is -2.31. The Morgan fingerprint density at radius 1 is 1.10 bits per heavy atom. The minimum Gasteiger partial charge on any atom is -0.465 e. The number of carbonyl (C=O) groups is 2. The lowest BCUT2D eigenvalue weighted by molar-refractivity contribution is -0.0494. The number of piperidine rings is 1. The van der Waals surface area contributed by atoms with Crippen LogP contribution in [-0.2, 0) is 6.54 Å². The highest BCUT2D eigenvalue weighted by Crippen LogP contribution is 2.33. The van der Waals surface area contributed by atoms with Crippen molar-refractivity contribution in [1.82, 2.24) is 10.2 Å². The summed E-state index contributed by atoms with van der Waals surface area (Å²) in [5.41, 5.74) is 2.51. The summed E-state index contributed by atoms with van der Waals surface area (Å²) in [5, 5.41) is 12.1. The van der Waals surface area contributed by atoms with Crippen molar-refractivity contribution in [3.63, 3.8) is 0 Å². The van der Waals surface area contributed by atoms with Crippen molar-refractivity contribution in [2.45, 2.75) is 25.3 Å². The summed E-state index contributed by atoms with van der Waals surface area (Å²) in [6, 6.07) is 12.2. The topological polar surface area (TPSA) is 82.8 Å². The molecule has 0 atom stereocenters. The molecular formula is C22H19ClF2N2O4. The van der Waals surface area contributed by atoms with Crippen molar-refractivity contribution in [3.8, 4) is 11.1 Å². The monoisotopic (exact) mass is 448 g/mol. The van der Waals surface area contributed by atoms with Gasteiger partial charge < -0.3 is 19.7 Å². The van der Waals surface area contributed by atoms with Gasteiger partial charge in [0.1, 0.15) is 5.76 Å². The second-order valence-corrected chi connectivity index (χ2v) is 7.88. The van der Waals surface area contributed by atoms with Crippen LogP contribution in [0.5, 0.6) is 0 Å². The van der Waals surface area contributed by atoms with Gasteiger partial charge in [0.15, 0.2) is 5.58 Å². The number of alkyl halides is 2. The number of fused-ring (bicyclic) bond motifs is 1. The van der Waals surface area contributed by atoms with Crippen molar-refractivity contribution in [3.05, 3.63) is 58.8 Å².